The molecule has 0 radical (unpaired) electrons. The summed E-state index contributed by atoms with van der Waals surface area (Å²) < 4.78 is 46.0. The van der Waals surface area contributed by atoms with Gasteiger partial charge in [0.15, 0.2) is 11.0 Å². The number of ketones is 1. The summed E-state index contributed by atoms with van der Waals surface area (Å²) in [4.78, 5) is 32.3. The Balaban J connectivity index is 1.22. The Hall–Kier alpha value is -5.07. The Bertz CT molecular complexity index is 2210. The summed E-state index contributed by atoms with van der Waals surface area (Å²) in [6.07, 6.45) is 7.77. The van der Waals surface area contributed by atoms with Crippen molar-refractivity contribution >= 4 is 39.6 Å². The third-order valence-corrected chi connectivity index (χ3v) is 10.5. The van der Waals surface area contributed by atoms with Crippen molar-refractivity contribution in [3.8, 4) is 16.9 Å². The van der Waals surface area contributed by atoms with Crippen molar-refractivity contribution in [1.82, 2.24) is 9.38 Å². The zero-order chi connectivity index (χ0) is 36.2. The van der Waals surface area contributed by atoms with Gasteiger partial charge in [0.05, 0.1) is 43.0 Å². The van der Waals surface area contributed by atoms with Gasteiger partial charge < -0.3 is 29.4 Å². The minimum Gasteiger partial charge on any atom is -0.496 e. The van der Waals surface area contributed by atoms with Crippen molar-refractivity contribution in [2.24, 2.45) is 13.0 Å². The largest absolute Gasteiger partial charge is 0.496 e. The molecule has 4 heterocycles. The number of anilines is 2. The molecule has 2 aliphatic rings. The van der Waals surface area contributed by atoms with Gasteiger partial charge in [-0.15, -0.1) is 0 Å². The third kappa shape index (κ3) is 6.16. The van der Waals surface area contributed by atoms with Crippen LogP contribution < -0.4 is 24.8 Å². The number of hydrogen-bond donors (Lipinski definition) is 3. The van der Waals surface area contributed by atoms with Gasteiger partial charge in [0.25, 0.3) is 5.82 Å². The van der Waals surface area contributed by atoms with Gasteiger partial charge >= 0.3 is 0 Å². The molecule has 1 aliphatic heterocycles. The molecule has 10 nitrogen and oxygen atoms in total. The molecule has 0 atom stereocenters. The van der Waals surface area contributed by atoms with Crippen LogP contribution in [0.2, 0.25) is 0 Å². The van der Waals surface area contributed by atoms with Crippen LogP contribution in [0.15, 0.2) is 54.7 Å². The van der Waals surface area contributed by atoms with E-state index in [2.05, 4.69) is 38.9 Å². The average Bonchev–Trinajstić information content (AvgIpc) is 3.85. The number of amides is 1. The lowest BCUT2D eigenvalue weighted by Gasteiger charge is -2.26. The molecule has 0 spiro atoms. The van der Waals surface area contributed by atoms with Crippen LogP contribution in [0, 0.1) is 17.6 Å². The molecule has 2 aromatic carbocycles. The van der Waals surface area contributed by atoms with Crippen LogP contribution in [0.25, 0.3) is 27.7 Å². The number of pyridine rings is 1. The molecule has 1 saturated carbocycles. The highest BCUT2D eigenvalue weighted by Gasteiger charge is 2.40. The van der Waals surface area contributed by atoms with Crippen LogP contribution in [0.4, 0.5) is 20.2 Å². The number of imidazole rings is 1. The minimum atomic E-state index is -1.03. The first-order valence-electron chi connectivity index (χ1n) is 17.2. The molecule has 7 rings (SSSR count). The maximum Gasteiger partial charge on any atom is 0.281 e. The van der Waals surface area contributed by atoms with E-state index in [0.717, 1.165) is 56.9 Å². The van der Waals surface area contributed by atoms with Crippen LogP contribution in [0.1, 0.15) is 54.1 Å². The number of methoxy groups -OCH3 is 2. The molecular weight excluding hydrogens is 654 g/mol. The number of nitrogens with two attached hydrogens (primary N) is 1. The van der Waals surface area contributed by atoms with E-state index in [4.69, 9.17) is 9.47 Å². The lowest BCUT2D eigenvalue weighted by atomic mass is 9.96. The van der Waals surface area contributed by atoms with Crippen molar-refractivity contribution in [2.45, 2.75) is 45.3 Å². The molecule has 0 unspecified atom stereocenters. The van der Waals surface area contributed by atoms with Crippen LogP contribution in [-0.2, 0) is 29.6 Å². The Morgan fingerprint density at radius 2 is 1.90 bits per heavy atom. The van der Waals surface area contributed by atoms with E-state index in [9.17, 15) is 9.59 Å². The van der Waals surface area contributed by atoms with Crippen LogP contribution in [0.3, 0.4) is 0 Å². The Labute approximate surface area is 295 Å². The second-order valence-electron chi connectivity index (χ2n) is 14.2. The number of halogens is 2. The number of aromatic amines is 1. The fourth-order valence-electron chi connectivity index (χ4n) is 7.45. The van der Waals surface area contributed by atoms with Gasteiger partial charge in [-0.05, 0) is 69.0 Å². The summed E-state index contributed by atoms with van der Waals surface area (Å²) in [6.45, 7) is 5.95. The number of carbonyl (C=O) groups is 2. The number of hydrogen-bond acceptors (Lipinski definition) is 5. The standard InChI is InChI=1S/C39H42F2N6O4/c1-39(2,24-11-12-24)42-14-7-10-32(48)44-34-26(40)17-23(18-27(34)41)38(49)29-19-22-13-16-45(3)37-33(25-9-8-15-47(29)36(22)25)30(51-6)20-28-35(37)43-31(21-50-5)46(28)4/h7-10,15,17-20,24,42H,11-14,16,21H2,1-6H3,(H,44,48,49)/p+2/b10-7+. The highest BCUT2D eigenvalue weighted by molar-refractivity contribution is 6.11. The highest BCUT2D eigenvalue weighted by atomic mass is 19.1. The monoisotopic (exact) mass is 698 g/mol. The molecular formula is C39H44F2N6O4+2. The number of aryl methyl sites for hydroxylation is 1. The van der Waals surface area contributed by atoms with E-state index in [1.54, 1.807) is 37.0 Å². The van der Waals surface area contributed by atoms with Gasteiger partial charge in [-0.3, -0.25) is 9.59 Å². The maximum atomic E-state index is 15.4. The van der Waals surface area contributed by atoms with E-state index in [1.165, 1.54) is 18.9 Å². The van der Waals surface area contributed by atoms with Crippen molar-refractivity contribution < 1.29 is 37.7 Å². The van der Waals surface area contributed by atoms with Crippen LogP contribution >= 0.6 is 0 Å². The maximum absolute atomic E-state index is 15.4. The smallest absolute Gasteiger partial charge is 0.281 e. The van der Waals surface area contributed by atoms with Crippen molar-refractivity contribution in [2.75, 3.05) is 44.6 Å². The molecule has 4 N–H and O–H groups in total. The molecule has 266 valence electrons. The number of rotatable bonds is 11. The van der Waals surface area contributed by atoms with Gasteiger partial charge in [-0.25, -0.2) is 18.3 Å². The summed E-state index contributed by atoms with van der Waals surface area (Å²) >= 11 is 0. The average molecular weight is 699 g/mol. The molecule has 0 saturated heterocycles. The predicted molar refractivity (Wildman–Crippen MR) is 191 cm³/mol. The zero-order valence-electron chi connectivity index (χ0n) is 29.8. The lowest BCUT2D eigenvalue weighted by molar-refractivity contribution is -0.717. The van der Waals surface area contributed by atoms with Gasteiger partial charge in [-0.1, -0.05) is 6.07 Å². The van der Waals surface area contributed by atoms with Gasteiger partial charge in [0, 0.05) is 56.1 Å². The van der Waals surface area contributed by atoms with Crippen LogP contribution in [-0.4, -0.2) is 61.0 Å². The molecule has 12 heteroatoms. The van der Waals surface area contributed by atoms with E-state index >= 15 is 8.78 Å². The quantitative estimate of drug-likeness (QED) is 0.104. The minimum absolute atomic E-state index is 0.0845. The Morgan fingerprint density at radius 1 is 1.16 bits per heavy atom. The molecule has 51 heavy (non-hydrogen) atoms. The summed E-state index contributed by atoms with van der Waals surface area (Å²) in [5.41, 5.74) is 5.88. The van der Waals surface area contributed by atoms with E-state index < -0.39 is 29.0 Å². The van der Waals surface area contributed by atoms with Crippen LogP contribution in [0.5, 0.6) is 5.75 Å². The second-order valence-corrected chi connectivity index (χ2v) is 14.2. The first kappa shape index (κ1) is 34.4. The zero-order valence-corrected chi connectivity index (χ0v) is 29.8. The van der Waals surface area contributed by atoms with Crippen molar-refractivity contribution in [3.63, 3.8) is 0 Å². The molecule has 1 fully saturated rings. The number of aromatic nitrogens is 3. The molecule has 1 amide bonds. The van der Waals surface area contributed by atoms with Gasteiger partial charge in [0.1, 0.15) is 35.4 Å². The molecule has 1 aliphatic carbocycles. The predicted octanol–water partition coefficient (Wildman–Crippen LogP) is 4.82. The number of fused-ring (bicyclic) bond motifs is 4. The number of H-pyrrole nitrogens is 1. The molecule has 3 aromatic heterocycles. The Morgan fingerprint density at radius 3 is 2.59 bits per heavy atom. The number of ether oxygens (including phenoxy) is 2. The van der Waals surface area contributed by atoms with E-state index in [-0.39, 0.29) is 16.8 Å². The lowest BCUT2D eigenvalue weighted by Crippen LogP contribution is -2.95. The number of nitrogens with zero attached hydrogens (tertiary/aromatic N) is 3. The fourth-order valence-corrected chi connectivity index (χ4v) is 7.45. The summed E-state index contributed by atoms with van der Waals surface area (Å²) in [7, 11) is 7.29. The van der Waals surface area contributed by atoms with E-state index in [1.807, 2.05) is 32.3 Å². The summed E-state index contributed by atoms with van der Waals surface area (Å²) in [5.74, 6) is -1.03. The SMILES string of the molecule is COCc1[nH]c2c3c(c(OC)cc2[n+]1C)-c1cccn2c(C(=O)c4cc(F)c(NC(=O)/C=C/C[NH2+]C(C)(C)C5CC5)c(F)c4)cc(c12)CCN3C. The fraction of sp³-hybridized carbons (Fsp3) is 0.359. The number of likely N-dealkylation sites (N-methyl/N-ethyl adjacent to an activating group) is 1. The topological polar surface area (TPSA) is 109 Å². The number of carbonyl (C=O) groups excluding carboxylic acids is 2. The van der Waals surface area contributed by atoms with Gasteiger partial charge in [-0.2, -0.15) is 0 Å². The van der Waals surface area contributed by atoms with E-state index in [0.29, 0.717) is 37.8 Å². The van der Waals surface area contributed by atoms with Gasteiger partial charge in [0.2, 0.25) is 11.7 Å². The third-order valence-electron chi connectivity index (χ3n) is 10.5. The number of benzene rings is 2. The normalized spacial score (nSPS) is 14.6. The Kier molecular flexibility index (Phi) is 8.92. The summed E-state index contributed by atoms with van der Waals surface area (Å²) in [6, 6.07) is 9.59. The first-order valence-corrected chi connectivity index (χ1v) is 17.2. The second kappa shape index (κ2) is 13.2. The first-order chi connectivity index (χ1) is 24.4. The van der Waals surface area contributed by atoms with Crippen molar-refractivity contribution in [3.05, 3.63) is 89.0 Å². The number of nitrogens with one attached hydrogen (secondary N) is 2. The highest BCUT2D eigenvalue weighted by Crippen LogP contribution is 2.46. The van der Waals surface area contributed by atoms with Crippen molar-refractivity contribution in [1.29, 1.82) is 0 Å². The molecule has 0 bridgehead atoms. The molecule has 5 aromatic rings. The number of quaternary nitrogens is 1. The summed E-state index contributed by atoms with van der Waals surface area (Å²) in [5, 5.41) is 4.46.